The Labute approximate surface area is 153 Å². The van der Waals surface area contributed by atoms with Gasteiger partial charge in [-0.1, -0.05) is 44.7 Å². The third-order valence-electron chi connectivity index (χ3n) is 6.83. The molecule has 0 saturated heterocycles. The number of esters is 1. The molecule has 25 heavy (non-hydrogen) atoms. The van der Waals surface area contributed by atoms with Crippen molar-refractivity contribution in [3.8, 4) is 0 Å². The highest BCUT2D eigenvalue weighted by Gasteiger charge is 2.31. The van der Waals surface area contributed by atoms with Gasteiger partial charge in [0.25, 0.3) is 0 Å². The molecule has 2 heteroatoms. The molecular weight excluding hydrogens is 308 g/mol. The molecule has 0 heterocycles. The summed E-state index contributed by atoms with van der Waals surface area (Å²) in [5.41, 5.74) is 2.06. The van der Waals surface area contributed by atoms with Gasteiger partial charge < -0.3 is 4.74 Å². The Bertz CT molecular complexity index is 532. The molecule has 0 radical (unpaired) electrons. The van der Waals surface area contributed by atoms with Gasteiger partial charge in [0.2, 0.25) is 0 Å². The number of carbonyl (C=O) groups is 1. The van der Waals surface area contributed by atoms with Crippen LogP contribution in [0.25, 0.3) is 0 Å². The third-order valence-corrected chi connectivity index (χ3v) is 6.83. The van der Waals surface area contributed by atoms with E-state index < -0.39 is 0 Å². The molecule has 1 aromatic rings. The van der Waals surface area contributed by atoms with E-state index in [1.807, 2.05) is 12.1 Å². The summed E-state index contributed by atoms with van der Waals surface area (Å²) in [5, 5.41) is 0. The summed E-state index contributed by atoms with van der Waals surface area (Å²) < 4.78 is 4.79. The molecule has 3 rings (SSSR count). The second-order valence-corrected chi connectivity index (χ2v) is 8.29. The number of carbonyl (C=O) groups excluding carboxylic acids is 1. The summed E-state index contributed by atoms with van der Waals surface area (Å²) in [4.78, 5) is 11.6. The molecular formula is C23H34O2. The zero-order valence-corrected chi connectivity index (χ0v) is 16.0. The van der Waals surface area contributed by atoms with Crippen LogP contribution < -0.4 is 0 Å². The highest BCUT2D eigenvalue weighted by Crippen LogP contribution is 2.44. The summed E-state index contributed by atoms with van der Waals surface area (Å²) in [6.07, 6.45) is 14.1. The maximum Gasteiger partial charge on any atom is 0.337 e. The number of hydrogen-bond acceptors (Lipinski definition) is 2. The number of hydrogen-bond donors (Lipinski definition) is 0. The van der Waals surface area contributed by atoms with Crippen LogP contribution in [0.3, 0.4) is 0 Å². The first-order valence-corrected chi connectivity index (χ1v) is 10.4. The van der Waals surface area contributed by atoms with E-state index in [0.29, 0.717) is 11.5 Å². The predicted octanol–water partition coefficient (Wildman–Crippen LogP) is 6.35. The maximum atomic E-state index is 11.6. The van der Waals surface area contributed by atoms with Gasteiger partial charge in [-0.2, -0.15) is 0 Å². The van der Waals surface area contributed by atoms with Crippen LogP contribution >= 0.6 is 0 Å². The van der Waals surface area contributed by atoms with E-state index in [1.165, 1.54) is 76.9 Å². The van der Waals surface area contributed by atoms with Crippen molar-refractivity contribution >= 4 is 5.97 Å². The molecule has 0 aromatic heterocycles. The fourth-order valence-electron chi connectivity index (χ4n) is 5.29. The Morgan fingerprint density at radius 1 is 0.920 bits per heavy atom. The molecule has 0 atom stereocenters. The SMILES string of the molecule is CCCC1CCC(C2CCC(c3ccc(C(=O)OC)cc3)CC2)CC1. The van der Waals surface area contributed by atoms with Crippen LogP contribution in [0, 0.1) is 17.8 Å². The molecule has 0 aliphatic heterocycles. The zero-order chi connectivity index (χ0) is 17.6. The van der Waals surface area contributed by atoms with Crippen molar-refractivity contribution < 1.29 is 9.53 Å². The smallest absolute Gasteiger partial charge is 0.337 e. The lowest BCUT2D eigenvalue weighted by atomic mass is 9.68. The van der Waals surface area contributed by atoms with E-state index in [2.05, 4.69) is 19.1 Å². The summed E-state index contributed by atoms with van der Waals surface area (Å²) >= 11 is 0. The summed E-state index contributed by atoms with van der Waals surface area (Å²) in [7, 11) is 1.44. The highest BCUT2D eigenvalue weighted by atomic mass is 16.5. The van der Waals surface area contributed by atoms with Gasteiger partial charge >= 0.3 is 5.97 Å². The first-order valence-electron chi connectivity index (χ1n) is 10.4. The summed E-state index contributed by atoms with van der Waals surface area (Å²) in [6, 6.07) is 8.10. The van der Waals surface area contributed by atoms with E-state index in [4.69, 9.17) is 4.74 Å². The molecule has 2 aliphatic rings. The Hall–Kier alpha value is -1.31. The maximum absolute atomic E-state index is 11.6. The zero-order valence-electron chi connectivity index (χ0n) is 16.0. The van der Waals surface area contributed by atoms with Crippen LogP contribution in [0.2, 0.25) is 0 Å². The average Bonchev–Trinajstić information content (AvgIpc) is 2.68. The molecule has 2 saturated carbocycles. The van der Waals surface area contributed by atoms with Crippen LogP contribution in [0.1, 0.15) is 93.0 Å². The van der Waals surface area contributed by atoms with Gasteiger partial charge in [0.15, 0.2) is 0 Å². The minimum Gasteiger partial charge on any atom is -0.465 e. The summed E-state index contributed by atoms with van der Waals surface area (Å²) in [6.45, 7) is 2.32. The molecule has 0 unspecified atom stereocenters. The number of benzene rings is 1. The molecule has 138 valence electrons. The molecule has 2 fully saturated rings. The molecule has 2 nitrogen and oxygen atoms in total. The fourth-order valence-corrected chi connectivity index (χ4v) is 5.29. The minimum absolute atomic E-state index is 0.242. The third kappa shape index (κ3) is 4.65. The fraction of sp³-hybridized carbons (Fsp3) is 0.696. The number of rotatable bonds is 5. The Morgan fingerprint density at radius 2 is 1.48 bits per heavy atom. The van der Waals surface area contributed by atoms with Crippen LogP contribution in [-0.4, -0.2) is 13.1 Å². The minimum atomic E-state index is -0.242. The first kappa shape index (κ1) is 18.5. The molecule has 0 N–H and O–H groups in total. The van der Waals surface area contributed by atoms with Crippen LogP contribution in [-0.2, 0) is 4.74 Å². The second kappa shape index (κ2) is 8.87. The van der Waals surface area contributed by atoms with Crippen molar-refractivity contribution in [3.63, 3.8) is 0 Å². The van der Waals surface area contributed by atoms with E-state index in [1.54, 1.807) is 0 Å². The van der Waals surface area contributed by atoms with Crippen molar-refractivity contribution in [1.29, 1.82) is 0 Å². The van der Waals surface area contributed by atoms with Crippen LogP contribution in [0.5, 0.6) is 0 Å². The van der Waals surface area contributed by atoms with Gasteiger partial charge in [0, 0.05) is 0 Å². The Morgan fingerprint density at radius 3 is 2.00 bits per heavy atom. The second-order valence-electron chi connectivity index (χ2n) is 8.29. The molecule has 0 amide bonds. The lowest BCUT2D eigenvalue weighted by Gasteiger charge is -2.38. The first-order chi connectivity index (χ1) is 12.2. The molecule has 0 bridgehead atoms. The van der Waals surface area contributed by atoms with E-state index >= 15 is 0 Å². The van der Waals surface area contributed by atoms with Crippen molar-refractivity contribution in [3.05, 3.63) is 35.4 Å². The quantitative estimate of drug-likeness (QED) is 0.582. The van der Waals surface area contributed by atoms with Crippen molar-refractivity contribution in [2.24, 2.45) is 17.8 Å². The van der Waals surface area contributed by atoms with E-state index in [9.17, 15) is 4.79 Å². The topological polar surface area (TPSA) is 26.3 Å². The van der Waals surface area contributed by atoms with E-state index in [0.717, 1.165) is 17.8 Å². The van der Waals surface area contributed by atoms with Gasteiger partial charge in [0.1, 0.15) is 0 Å². The van der Waals surface area contributed by atoms with Gasteiger partial charge in [-0.25, -0.2) is 4.79 Å². The van der Waals surface area contributed by atoms with Crippen molar-refractivity contribution in [1.82, 2.24) is 0 Å². The highest BCUT2D eigenvalue weighted by molar-refractivity contribution is 5.89. The predicted molar refractivity (Wildman–Crippen MR) is 103 cm³/mol. The van der Waals surface area contributed by atoms with E-state index in [-0.39, 0.29) is 5.97 Å². The molecule has 0 spiro atoms. The molecule has 2 aliphatic carbocycles. The number of ether oxygens (including phenoxy) is 1. The monoisotopic (exact) mass is 342 g/mol. The lowest BCUT2D eigenvalue weighted by molar-refractivity contribution is 0.0600. The Kier molecular flexibility index (Phi) is 6.56. The molecule has 1 aromatic carbocycles. The lowest BCUT2D eigenvalue weighted by Crippen LogP contribution is -2.25. The Balaban J connectivity index is 1.48. The van der Waals surface area contributed by atoms with Crippen LogP contribution in [0.15, 0.2) is 24.3 Å². The average molecular weight is 343 g/mol. The van der Waals surface area contributed by atoms with Crippen LogP contribution in [0.4, 0.5) is 0 Å². The summed E-state index contributed by atoms with van der Waals surface area (Å²) in [5.74, 6) is 3.42. The number of methoxy groups -OCH3 is 1. The van der Waals surface area contributed by atoms with Gasteiger partial charge in [-0.3, -0.25) is 0 Å². The largest absolute Gasteiger partial charge is 0.465 e. The van der Waals surface area contributed by atoms with Crippen molar-refractivity contribution in [2.75, 3.05) is 7.11 Å². The standard InChI is InChI=1S/C23H34O2/c1-3-4-17-5-7-18(8-6-17)19-9-11-20(12-10-19)21-13-15-22(16-14-21)23(24)25-2/h13-20H,3-12H2,1-2H3. The normalized spacial score (nSPS) is 30.0. The van der Waals surface area contributed by atoms with Gasteiger partial charge in [-0.15, -0.1) is 0 Å². The van der Waals surface area contributed by atoms with Gasteiger partial charge in [-0.05, 0) is 79.9 Å². The van der Waals surface area contributed by atoms with Gasteiger partial charge in [0.05, 0.1) is 12.7 Å². The van der Waals surface area contributed by atoms with Crippen molar-refractivity contribution in [2.45, 2.75) is 77.0 Å².